The molecule has 1 aromatic carbocycles. The zero-order valence-electron chi connectivity index (χ0n) is 13.7. The van der Waals surface area contributed by atoms with Crippen LogP contribution in [0.1, 0.15) is 40.0 Å². The largest absolute Gasteiger partial charge is 0.395 e. The second-order valence-corrected chi connectivity index (χ2v) is 6.41. The Morgan fingerprint density at radius 2 is 1.76 bits per heavy atom. The predicted octanol–water partition coefficient (Wildman–Crippen LogP) is 3.74. The molecule has 1 aromatic rings. The van der Waals surface area contributed by atoms with Crippen LogP contribution >= 0.6 is 0 Å². The standard InChI is InChI=1S/C18H30N2O/c1-4-20(12-13-21)17-10-8-16(9-11-17)19-18-14(2)6-5-7-15(18)3/h8-11,14-15,18-19,21H,4-7,12-13H2,1-3H3. The van der Waals surface area contributed by atoms with E-state index < -0.39 is 0 Å². The van der Waals surface area contributed by atoms with Crippen molar-refractivity contribution in [2.75, 3.05) is 29.9 Å². The van der Waals surface area contributed by atoms with Gasteiger partial charge in [0.2, 0.25) is 0 Å². The number of hydrogen-bond donors (Lipinski definition) is 2. The topological polar surface area (TPSA) is 35.5 Å². The summed E-state index contributed by atoms with van der Waals surface area (Å²) in [6.45, 7) is 8.66. The molecule has 2 rings (SSSR count). The van der Waals surface area contributed by atoms with Crippen molar-refractivity contribution < 1.29 is 5.11 Å². The number of likely N-dealkylation sites (N-methyl/N-ethyl adjacent to an activating group) is 1. The molecule has 1 saturated carbocycles. The maximum atomic E-state index is 9.10. The Kier molecular flexibility index (Phi) is 5.92. The molecule has 0 amide bonds. The van der Waals surface area contributed by atoms with Crippen LogP contribution < -0.4 is 10.2 Å². The SMILES string of the molecule is CCN(CCO)c1ccc(NC2C(C)CCCC2C)cc1. The van der Waals surface area contributed by atoms with Crippen LogP contribution in [0.5, 0.6) is 0 Å². The number of aliphatic hydroxyl groups excluding tert-OH is 1. The van der Waals surface area contributed by atoms with Crippen LogP contribution in [0.3, 0.4) is 0 Å². The van der Waals surface area contributed by atoms with Gasteiger partial charge in [-0.1, -0.05) is 20.3 Å². The van der Waals surface area contributed by atoms with Gasteiger partial charge in [-0.05, 0) is 55.9 Å². The van der Waals surface area contributed by atoms with Gasteiger partial charge in [0, 0.05) is 30.5 Å². The number of rotatable bonds is 6. The van der Waals surface area contributed by atoms with E-state index in [2.05, 4.69) is 55.3 Å². The predicted molar refractivity (Wildman–Crippen MR) is 91.0 cm³/mol. The van der Waals surface area contributed by atoms with Crippen molar-refractivity contribution in [2.45, 2.75) is 46.1 Å². The normalized spacial score (nSPS) is 25.6. The molecule has 1 fully saturated rings. The third kappa shape index (κ3) is 4.13. The van der Waals surface area contributed by atoms with Crippen LogP contribution in [0.4, 0.5) is 11.4 Å². The molecular formula is C18H30N2O. The Morgan fingerprint density at radius 3 is 2.29 bits per heavy atom. The highest BCUT2D eigenvalue weighted by molar-refractivity contribution is 5.55. The number of benzene rings is 1. The molecule has 0 heterocycles. The molecule has 0 spiro atoms. The maximum absolute atomic E-state index is 9.10. The Balaban J connectivity index is 2.01. The fourth-order valence-electron chi connectivity index (χ4n) is 3.52. The van der Waals surface area contributed by atoms with Crippen molar-refractivity contribution in [1.82, 2.24) is 0 Å². The van der Waals surface area contributed by atoms with Crippen molar-refractivity contribution in [3.05, 3.63) is 24.3 Å². The van der Waals surface area contributed by atoms with E-state index in [0.717, 1.165) is 18.4 Å². The summed E-state index contributed by atoms with van der Waals surface area (Å²) in [6, 6.07) is 9.23. The molecule has 2 unspecified atom stereocenters. The lowest BCUT2D eigenvalue weighted by molar-refractivity contribution is 0.268. The molecule has 2 N–H and O–H groups in total. The molecule has 0 aliphatic heterocycles. The quantitative estimate of drug-likeness (QED) is 0.837. The minimum atomic E-state index is 0.199. The van der Waals surface area contributed by atoms with Gasteiger partial charge in [-0.2, -0.15) is 0 Å². The Labute approximate surface area is 129 Å². The Morgan fingerprint density at radius 1 is 1.14 bits per heavy atom. The molecule has 0 saturated heterocycles. The van der Waals surface area contributed by atoms with E-state index in [0.29, 0.717) is 12.6 Å². The highest BCUT2D eigenvalue weighted by atomic mass is 16.3. The lowest BCUT2D eigenvalue weighted by Gasteiger charge is -2.36. The molecule has 1 aliphatic carbocycles. The van der Waals surface area contributed by atoms with E-state index in [-0.39, 0.29) is 6.61 Å². The molecule has 1 aliphatic rings. The fraction of sp³-hybridized carbons (Fsp3) is 0.667. The fourth-order valence-corrected chi connectivity index (χ4v) is 3.52. The smallest absolute Gasteiger partial charge is 0.0606 e. The molecule has 2 atom stereocenters. The summed E-state index contributed by atoms with van der Waals surface area (Å²) in [7, 11) is 0. The van der Waals surface area contributed by atoms with Gasteiger partial charge in [-0.25, -0.2) is 0 Å². The molecule has 21 heavy (non-hydrogen) atoms. The Hall–Kier alpha value is -1.22. The molecule has 3 heteroatoms. The first-order valence-corrected chi connectivity index (χ1v) is 8.38. The van der Waals surface area contributed by atoms with Crippen LogP contribution in [-0.2, 0) is 0 Å². The Bertz CT molecular complexity index is 408. The van der Waals surface area contributed by atoms with Crippen LogP contribution in [0.15, 0.2) is 24.3 Å². The van der Waals surface area contributed by atoms with Gasteiger partial charge in [0.15, 0.2) is 0 Å². The van der Waals surface area contributed by atoms with Gasteiger partial charge < -0.3 is 15.3 Å². The van der Waals surface area contributed by atoms with Gasteiger partial charge >= 0.3 is 0 Å². The first-order chi connectivity index (χ1) is 10.2. The van der Waals surface area contributed by atoms with Crippen molar-refractivity contribution in [1.29, 1.82) is 0 Å². The summed E-state index contributed by atoms with van der Waals surface area (Å²) in [6.07, 6.45) is 4.03. The monoisotopic (exact) mass is 290 g/mol. The van der Waals surface area contributed by atoms with Crippen molar-refractivity contribution >= 4 is 11.4 Å². The summed E-state index contributed by atoms with van der Waals surface area (Å²) in [4.78, 5) is 2.19. The van der Waals surface area contributed by atoms with Crippen LogP contribution in [0.25, 0.3) is 0 Å². The first kappa shape index (κ1) is 16.2. The number of anilines is 2. The van der Waals surface area contributed by atoms with Gasteiger partial charge in [0.1, 0.15) is 0 Å². The molecule has 0 aromatic heterocycles. The first-order valence-electron chi connectivity index (χ1n) is 8.38. The number of nitrogens with one attached hydrogen (secondary N) is 1. The number of hydrogen-bond acceptors (Lipinski definition) is 3. The summed E-state index contributed by atoms with van der Waals surface area (Å²) in [5.74, 6) is 1.49. The minimum absolute atomic E-state index is 0.199. The summed E-state index contributed by atoms with van der Waals surface area (Å²) in [5.41, 5.74) is 2.39. The summed E-state index contributed by atoms with van der Waals surface area (Å²) >= 11 is 0. The van der Waals surface area contributed by atoms with E-state index in [1.165, 1.54) is 30.6 Å². The second-order valence-electron chi connectivity index (χ2n) is 6.41. The average molecular weight is 290 g/mol. The van der Waals surface area contributed by atoms with E-state index in [1.54, 1.807) is 0 Å². The minimum Gasteiger partial charge on any atom is -0.395 e. The molecule has 3 nitrogen and oxygen atoms in total. The zero-order chi connectivity index (χ0) is 15.2. The van der Waals surface area contributed by atoms with Crippen LogP contribution in [0.2, 0.25) is 0 Å². The highest BCUT2D eigenvalue weighted by Gasteiger charge is 2.27. The number of nitrogens with zero attached hydrogens (tertiary/aromatic N) is 1. The third-order valence-corrected chi connectivity index (χ3v) is 4.86. The van der Waals surface area contributed by atoms with E-state index >= 15 is 0 Å². The van der Waals surface area contributed by atoms with Crippen molar-refractivity contribution in [2.24, 2.45) is 11.8 Å². The van der Waals surface area contributed by atoms with Gasteiger partial charge in [0.25, 0.3) is 0 Å². The third-order valence-electron chi connectivity index (χ3n) is 4.86. The molecule has 0 bridgehead atoms. The highest BCUT2D eigenvalue weighted by Crippen LogP contribution is 2.31. The molecular weight excluding hydrogens is 260 g/mol. The van der Waals surface area contributed by atoms with Crippen LogP contribution in [-0.4, -0.2) is 30.8 Å². The van der Waals surface area contributed by atoms with Crippen molar-refractivity contribution in [3.8, 4) is 0 Å². The van der Waals surface area contributed by atoms with Gasteiger partial charge in [-0.3, -0.25) is 0 Å². The lowest BCUT2D eigenvalue weighted by atomic mass is 9.78. The van der Waals surface area contributed by atoms with Crippen LogP contribution in [0, 0.1) is 11.8 Å². The summed E-state index contributed by atoms with van der Waals surface area (Å²) < 4.78 is 0. The average Bonchev–Trinajstić information content (AvgIpc) is 2.49. The molecule has 118 valence electrons. The van der Waals surface area contributed by atoms with E-state index in [4.69, 9.17) is 5.11 Å². The van der Waals surface area contributed by atoms with E-state index in [1.807, 2.05) is 0 Å². The second kappa shape index (κ2) is 7.69. The molecule has 0 radical (unpaired) electrons. The van der Waals surface area contributed by atoms with E-state index in [9.17, 15) is 0 Å². The van der Waals surface area contributed by atoms with Gasteiger partial charge in [0.05, 0.1) is 6.61 Å². The lowest BCUT2D eigenvalue weighted by Crippen LogP contribution is -2.37. The van der Waals surface area contributed by atoms with Gasteiger partial charge in [-0.15, -0.1) is 0 Å². The summed E-state index contributed by atoms with van der Waals surface area (Å²) in [5, 5.41) is 12.8. The zero-order valence-corrected chi connectivity index (χ0v) is 13.7. The van der Waals surface area contributed by atoms with Crippen molar-refractivity contribution in [3.63, 3.8) is 0 Å². The maximum Gasteiger partial charge on any atom is 0.0606 e. The number of aliphatic hydroxyl groups is 1.